The first kappa shape index (κ1) is 15.0. The number of aromatic nitrogens is 2. The normalized spacial score (nSPS) is 20.1. The standard InChI is InChI=1S/C14H24N4O2/c1-11-5-4-7-18(9-11)8-6-14(19)17(3)10-13-16-15-12(2)20-13/h11H,4-10H2,1-3H3/t11-/m1/s1. The summed E-state index contributed by atoms with van der Waals surface area (Å²) in [5.41, 5.74) is 0. The van der Waals surface area contributed by atoms with Gasteiger partial charge in [0.05, 0.1) is 6.54 Å². The van der Waals surface area contributed by atoms with Crippen molar-refractivity contribution >= 4 is 5.91 Å². The minimum Gasteiger partial charge on any atom is -0.424 e. The lowest BCUT2D eigenvalue weighted by Crippen LogP contribution is -2.37. The molecule has 0 bridgehead atoms. The molecule has 112 valence electrons. The lowest BCUT2D eigenvalue weighted by atomic mass is 10.0. The number of hydrogen-bond acceptors (Lipinski definition) is 5. The molecule has 1 atom stereocenters. The molecule has 0 saturated carbocycles. The van der Waals surface area contributed by atoms with E-state index in [1.54, 1.807) is 18.9 Å². The summed E-state index contributed by atoms with van der Waals surface area (Å²) in [4.78, 5) is 16.1. The van der Waals surface area contributed by atoms with E-state index in [1.807, 2.05) is 0 Å². The monoisotopic (exact) mass is 280 g/mol. The van der Waals surface area contributed by atoms with Gasteiger partial charge in [-0.3, -0.25) is 4.79 Å². The lowest BCUT2D eigenvalue weighted by Gasteiger charge is -2.30. The predicted molar refractivity (Wildman–Crippen MR) is 75.0 cm³/mol. The van der Waals surface area contributed by atoms with Crippen molar-refractivity contribution in [2.45, 2.75) is 39.7 Å². The molecule has 0 aromatic carbocycles. The van der Waals surface area contributed by atoms with Crippen LogP contribution in [0.25, 0.3) is 0 Å². The molecule has 0 unspecified atom stereocenters. The summed E-state index contributed by atoms with van der Waals surface area (Å²) in [6, 6.07) is 0. The van der Waals surface area contributed by atoms with E-state index in [0.29, 0.717) is 24.7 Å². The van der Waals surface area contributed by atoms with Gasteiger partial charge >= 0.3 is 0 Å². The Kier molecular flexibility index (Phi) is 5.11. The van der Waals surface area contributed by atoms with E-state index in [1.165, 1.54) is 12.8 Å². The van der Waals surface area contributed by atoms with Crippen molar-refractivity contribution < 1.29 is 9.21 Å². The van der Waals surface area contributed by atoms with Crippen LogP contribution in [0.3, 0.4) is 0 Å². The largest absolute Gasteiger partial charge is 0.424 e. The van der Waals surface area contributed by atoms with Crippen molar-refractivity contribution in [2.24, 2.45) is 5.92 Å². The van der Waals surface area contributed by atoms with Gasteiger partial charge in [0.2, 0.25) is 17.7 Å². The summed E-state index contributed by atoms with van der Waals surface area (Å²) in [6.45, 7) is 7.48. The Hall–Kier alpha value is -1.43. The summed E-state index contributed by atoms with van der Waals surface area (Å²) in [5, 5.41) is 7.67. The van der Waals surface area contributed by atoms with Crippen LogP contribution in [0, 0.1) is 12.8 Å². The average molecular weight is 280 g/mol. The molecule has 20 heavy (non-hydrogen) atoms. The molecule has 1 amide bonds. The average Bonchev–Trinajstić information content (AvgIpc) is 2.81. The molecule has 1 saturated heterocycles. The lowest BCUT2D eigenvalue weighted by molar-refractivity contribution is -0.131. The fraction of sp³-hybridized carbons (Fsp3) is 0.786. The van der Waals surface area contributed by atoms with Crippen LogP contribution >= 0.6 is 0 Å². The second-order valence-corrected chi connectivity index (χ2v) is 5.76. The Labute approximate surface area is 120 Å². The van der Waals surface area contributed by atoms with Crippen LogP contribution in [0.15, 0.2) is 4.42 Å². The van der Waals surface area contributed by atoms with Crippen molar-refractivity contribution in [1.29, 1.82) is 0 Å². The number of carbonyl (C=O) groups excluding carboxylic acids is 1. The van der Waals surface area contributed by atoms with Gasteiger partial charge in [0.15, 0.2) is 0 Å². The minimum atomic E-state index is 0.124. The second kappa shape index (κ2) is 6.83. The minimum absolute atomic E-state index is 0.124. The Bertz CT molecular complexity index is 446. The third-order valence-corrected chi connectivity index (χ3v) is 3.75. The zero-order valence-corrected chi connectivity index (χ0v) is 12.6. The fourth-order valence-electron chi connectivity index (χ4n) is 2.63. The molecular weight excluding hydrogens is 256 g/mol. The predicted octanol–water partition coefficient (Wildman–Crippen LogP) is 1.46. The van der Waals surface area contributed by atoms with E-state index < -0.39 is 0 Å². The Morgan fingerprint density at radius 3 is 2.95 bits per heavy atom. The first-order valence-corrected chi connectivity index (χ1v) is 7.30. The van der Waals surface area contributed by atoms with Gasteiger partial charge < -0.3 is 14.2 Å². The number of nitrogens with zero attached hydrogens (tertiary/aromatic N) is 4. The van der Waals surface area contributed by atoms with Gasteiger partial charge in [0.25, 0.3) is 0 Å². The first-order chi connectivity index (χ1) is 9.54. The highest BCUT2D eigenvalue weighted by Gasteiger charge is 2.18. The second-order valence-electron chi connectivity index (χ2n) is 5.76. The maximum absolute atomic E-state index is 12.1. The number of piperidine rings is 1. The van der Waals surface area contributed by atoms with E-state index in [4.69, 9.17) is 4.42 Å². The summed E-state index contributed by atoms with van der Waals surface area (Å²) in [5.74, 6) is 1.89. The Morgan fingerprint density at radius 1 is 1.50 bits per heavy atom. The molecule has 1 aliphatic heterocycles. The molecule has 6 nitrogen and oxygen atoms in total. The molecule has 0 aliphatic carbocycles. The SMILES string of the molecule is Cc1nnc(CN(C)C(=O)CCN2CCC[C@@H](C)C2)o1. The third kappa shape index (κ3) is 4.30. The summed E-state index contributed by atoms with van der Waals surface area (Å²) in [6.07, 6.45) is 3.10. The molecule has 1 aromatic rings. The van der Waals surface area contributed by atoms with Crippen molar-refractivity contribution in [3.8, 4) is 0 Å². The summed E-state index contributed by atoms with van der Waals surface area (Å²) < 4.78 is 5.29. The van der Waals surface area contributed by atoms with Crippen LogP contribution in [0.5, 0.6) is 0 Å². The molecule has 1 aliphatic rings. The van der Waals surface area contributed by atoms with Crippen molar-refractivity contribution in [1.82, 2.24) is 20.0 Å². The Morgan fingerprint density at radius 2 is 2.30 bits per heavy atom. The number of amides is 1. The zero-order valence-electron chi connectivity index (χ0n) is 12.6. The number of hydrogen-bond donors (Lipinski definition) is 0. The van der Waals surface area contributed by atoms with E-state index in [2.05, 4.69) is 22.0 Å². The van der Waals surface area contributed by atoms with E-state index >= 15 is 0 Å². The molecule has 1 aromatic heterocycles. The number of rotatable bonds is 5. The Balaban J connectivity index is 1.73. The molecule has 1 fully saturated rings. The molecule has 2 rings (SSSR count). The zero-order chi connectivity index (χ0) is 14.5. The number of carbonyl (C=O) groups is 1. The smallest absolute Gasteiger partial charge is 0.235 e. The van der Waals surface area contributed by atoms with E-state index in [0.717, 1.165) is 25.6 Å². The highest BCUT2D eigenvalue weighted by molar-refractivity contribution is 5.75. The van der Waals surface area contributed by atoms with Gasteiger partial charge in [0.1, 0.15) is 0 Å². The van der Waals surface area contributed by atoms with Gasteiger partial charge in [-0.15, -0.1) is 10.2 Å². The molecule has 6 heteroatoms. The van der Waals surface area contributed by atoms with Crippen LogP contribution < -0.4 is 0 Å². The highest BCUT2D eigenvalue weighted by Crippen LogP contribution is 2.15. The number of likely N-dealkylation sites (tertiary alicyclic amines) is 1. The van der Waals surface area contributed by atoms with Crippen molar-refractivity contribution in [3.63, 3.8) is 0 Å². The molecule has 0 radical (unpaired) electrons. The quantitative estimate of drug-likeness (QED) is 0.817. The molecular formula is C14H24N4O2. The van der Waals surface area contributed by atoms with Crippen LogP contribution in [0.2, 0.25) is 0 Å². The van der Waals surface area contributed by atoms with Crippen LogP contribution in [0.4, 0.5) is 0 Å². The van der Waals surface area contributed by atoms with Gasteiger partial charge in [-0.2, -0.15) is 0 Å². The van der Waals surface area contributed by atoms with Crippen LogP contribution in [0.1, 0.15) is 38.0 Å². The molecule has 2 heterocycles. The fourth-order valence-corrected chi connectivity index (χ4v) is 2.63. The van der Waals surface area contributed by atoms with Gasteiger partial charge in [-0.05, 0) is 25.3 Å². The highest BCUT2D eigenvalue weighted by atomic mass is 16.4. The maximum Gasteiger partial charge on any atom is 0.235 e. The van der Waals surface area contributed by atoms with Gasteiger partial charge in [-0.25, -0.2) is 0 Å². The van der Waals surface area contributed by atoms with Crippen LogP contribution in [-0.4, -0.2) is 52.6 Å². The topological polar surface area (TPSA) is 62.5 Å². The first-order valence-electron chi connectivity index (χ1n) is 7.30. The summed E-state index contributed by atoms with van der Waals surface area (Å²) in [7, 11) is 1.78. The maximum atomic E-state index is 12.1. The molecule has 0 N–H and O–H groups in total. The van der Waals surface area contributed by atoms with Crippen LogP contribution in [-0.2, 0) is 11.3 Å². The van der Waals surface area contributed by atoms with Crippen molar-refractivity contribution in [2.75, 3.05) is 26.7 Å². The third-order valence-electron chi connectivity index (χ3n) is 3.75. The van der Waals surface area contributed by atoms with Gasteiger partial charge in [0, 0.05) is 33.5 Å². The van der Waals surface area contributed by atoms with E-state index in [-0.39, 0.29) is 5.91 Å². The van der Waals surface area contributed by atoms with Gasteiger partial charge in [-0.1, -0.05) is 6.92 Å². The molecule has 0 spiro atoms. The van der Waals surface area contributed by atoms with Crippen molar-refractivity contribution in [3.05, 3.63) is 11.8 Å². The number of aryl methyl sites for hydroxylation is 1. The summed E-state index contributed by atoms with van der Waals surface area (Å²) >= 11 is 0. The van der Waals surface area contributed by atoms with E-state index in [9.17, 15) is 4.79 Å².